The van der Waals surface area contributed by atoms with E-state index in [-0.39, 0.29) is 5.82 Å². The molecule has 0 radical (unpaired) electrons. The van der Waals surface area contributed by atoms with Gasteiger partial charge in [0.2, 0.25) is 0 Å². The third-order valence-electron chi connectivity index (χ3n) is 3.17. The Bertz CT molecular complexity index is 820. The molecule has 0 saturated heterocycles. The van der Waals surface area contributed by atoms with Gasteiger partial charge in [0, 0.05) is 28.4 Å². The fraction of sp³-hybridized carbons (Fsp3) is 0. The third kappa shape index (κ3) is 3.21. The first-order valence-electron chi connectivity index (χ1n) is 6.71. The number of rotatable bonds is 3. The Balaban J connectivity index is 2.05. The lowest BCUT2D eigenvalue weighted by Crippen LogP contribution is -1.92. The van der Waals surface area contributed by atoms with Crippen molar-refractivity contribution < 1.29 is 9.13 Å². The molecule has 0 atom stereocenters. The molecule has 0 aromatic heterocycles. The number of hydrogen-bond acceptors (Lipinski definition) is 2. The highest BCUT2D eigenvalue weighted by molar-refractivity contribution is 6.30. The van der Waals surface area contributed by atoms with Gasteiger partial charge in [0.05, 0.1) is 0 Å². The second kappa shape index (κ2) is 6.08. The Labute approximate surface area is 132 Å². The first kappa shape index (κ1) is 14.4. The molecule has 0 amide bonds. The highest BCUT2D eigenvalue weighted by Gasteiger charge is 2.09. The minimum Gasteiger partial charge on any atom is -0.457 e. The second-order valence-electron chi connectivity index (χ2n) is 4.83. The molecule has 3 aromatic carbocycles. The average molecular weight is 314 g/mol. The Morgan fingerprint density at radius 2 is 1.73 bits per heavy atom. The molecule has 0 aliphatic heterocycles. The number of hydrogen-bond donors (Lipinski definition) is 1. The molecule has 0 fully saturated rings. The number of ether oxygens (including phenoxy) is 1. The monoisotopic (exact) mass is 313 g/mol. The summed E-state index contributed by atoms with van der Waals surface area (Å²) < 4.78 is 19.1. The highest BCUT2D eigenvalue weighted by atomic mass is 35.5. The summed E-state index contributed by atoms with van der Waals surface area (Å²) in [5.41, 5.74) is 8.14. The first-order chi connectivity index (χ1) is 10.6. The van der Waals surface area contributed by atoms with Crippen LogP contribution < -0.4 is 10.5 Å². The zero-order valence-corrected chi connectivity index (χ0v) is 12.3. The van der Waals surface area contributed by atoms with Gasteiger partial charge in [-0.25, -0.2) is 4.39 Å². The van der Waals surface area contributed by atoms with Crippen molar-refractivity contribution in [3.63, 3.8) is 0 Å². The van der Waals surface area contributed by atoms with Gasteiger partial charge in [-0.05, 0) is 42.0 Å². The van der Waals surface area contributed by atoms with E-state index in [1.165, 1.54) is 12.1 Å². The minimum absolute atomic E-state index is 0.356. The van der Waals surface area contributed by atoms with Gasteiger partial charge in [-0.15, -0.1) is 0 Å². The van der Waals surface area contributed by atoms with E-state index in [4.69, 9.17) is 22.1 Å². The van der Waals surface area contributed by atoms with Gasteiger partial charge in [-0.3, -0.25) is 0 Å². The van der Waals surface area contributed by atoms with Crippen LogP contribution in [0.1, 0.15) is 0 Å². The van der Waals surface area contributed by atoms with Crippen molar-refractivity contribution in [2.75, 3.05) is 5.73 Å². The SMILES string of the molecule is Nc1ccc(-c2cccc(Cl)c2)c(Oc2cccc(F)c2)c1. The summed E-state index contributed by atoms with van der Waals surface area (Å²) in [6.45, 7) is 0. The number of halogens is 2. The van der Waals surface area contributed by atoms with Crippen molar-refractivity contribution in [2.24, 2.45) is 0 Å². The van der Waals surface area contributed by atoms with Crippen molar-refractivity contribution in [3.05, 3.63) is 77.6 Å². The van der Waals surface area contributed by atoms with E-state index in [0.29, 0.717) is 22.2 Å². The van der Waals surface area contributed by atoms with Crippen molar-refractivity contribution in [1.29, 1.82) is 0 Å². The van der Waals surface area contributed by atoms with Crippen LogP contribution in [0.4, 0.5) is 10.1 Å². The Morgan fingerprint density at radius 3 is 2.50 bits per heavy atom. The zero-order chi connectivity index (χ0) is 15.5. The van der Waals surface area contributed by atoms with Crippen LogP contribution in [0, 0.1) is 5.82 Å². The summed E-state index contributed by atoms with van der Waals surface area (Å²) >= 11 is 6.04. The van der Waals surface area contributed by atoms with Gasteiger partial charge < -0.3 is 10.5 Å². The smallest absolute Gasteiger partial charge is 0.137 e. The summed E-state index contributed by atoms with van der Waals surface area (Å²) in [5, 5.41) is 0.631. The molecule has 0 unspecified atom stereocenters. The molecule has 2 nitrogen and oxygen atoms in total. The number of nitrogens with two attached hydrogens (primary N) is 1. The molecule has 0 saturated carbocycles. The molecule has 3 rings (SSSR count). The fourth-order valence-electron chi connectivity index (χ4n) is 2.18. The Hall–Kier alpha value is -2.52. The maximum Gasteiger partial charge on any atom is 0.137 e. The van der Waals surface area contributed by atoms with Crippen LogP contribution in [0.15, 0.2) is 66.7 Å². The lowest BCUT2D eigenvalue weighted by atomic mass is 10.0. The first-order valence-corrected chi connectivity index (χ1v) is 7.08. The molecule has 22 heavy (non-hydrogen) atoms. The van der Waals surface area contributed by atoms with Gasteiger partial charge in [-0.1, -0.05) is 29.8 Å². The van der Waals surface area contributed by atoms with Crippen molar-refractivity contribution in [2.45, 2.75) is 0 Å². The lowest BCUT2D eigenvalue weighted by molar-refractivity contribution is 0.479. The summed E-state index contributed by atoms with van der Waals surface area (Å²) in [6, 6.07) is 18.8. The number of benzene rings is 3. The zero-order valence-electron chi connectivity index (χ0n) is 11.6. The van der Waals surface area contributed by atoms with Gasteiger partial charge in [0.15, 0.2) is 0 Å². The van der Waals surface area contributed by atoms with E-state index in [1.807, 2.05) is 24.3 Å². The maximum atomic E-state index is 13.3. The van der Waals surface area contributed by atoms with E-state index < -0.39 is 0 Å². The Kier molecular flexibility index (Phi) is 3.98. The third-order valence-corrected chi connectivity index (χ3v) is 3.40. The molecule has 4 heteroatoms. The molecule has 0 bridgehead atoms. The molecule has 110 valence electrons. The van der Waals surface area contributed by atoms with Crippen LogP contribution in [0.3, 0.4) is 0 Å². The van der Waals surface area contributed by atoms with E-state index in [1.54, 1.807) is 30.3 Å². The molecule has 0 aliphatic carbocycles. The lowest BCUT2D eigenvalue weighted by Gasteiger charge is -2.12. The second-order valence-corrected chi connectivity index (χ2v) is 5.26. The van der Waals surface area contributed by atoms with E-state index in [0.717, 1.165) is 11.1 Å². The van der Waals surface area contributed by atoms with E-state index >= 15 is 0 Å². The summed E-state index contributed by atoms with van der Waals surface area (Å²) in [4.78, 5) is 0. The van der Waals surface area contributed by atoms with Crippen molar-refractivity contribution >= 4 is 17.3 Å². The van der Waals surface area contributed by atoms with Crippen LogP contribution >= 0.6 is 11.6 Å². The van der Waals surface area contributed by atoms with Crippen LogP contribution in [0.5, 0.6) is 11.5 Å². The molecular weight excluding hydrogens is 301 g/mol. The summed E-state index contributed by atoms with van der Waals surface area (Å²) in [6.07, 6.45) is 0. The fourth-order valence-corrected chi connectivity index (χ4v) is 2.37. The summed E-state index contributed by atoms with van der Waals surface area (Å²) in [7, 11) is 0. The molecular formula is C18H13ClFNO. The van der Waals surface area contributed by atoms with Crippen molar-refractivity contribution in [3.8, 4) is 22.6 Å². The van der Waals surface area contributed by atoms with Crippen LogP contribution in [-0.4, -0.2) is 0 Å². The minimum atomic E-state index is -0.356. The molecule has 2 N–H and O–H groups in total. The molecule has 3 aromatic rings. The van der Waals surface area contributed by atoms with Crippen molar-refractivity contribution in [1.82, 2.24) is 0 Å². The normalized spacial score (nSPS) is 10.5. The van der Waals surface area contributed by atoms with Gasteiger partial charge in [0.1, 0.15) is 17.3 Å². The van der Waals surface area contributed by atoms with E-state index in [9.17, 15) is 4.39 Å². The van der Waals surface area contributed by atoms with Gasteiger partial charge >= 0.3 is 0 Å². The van der Waals surface area contributed by atoms with Crippen LogP contribution in [0.25, 0.3) is 11.1 Å². The van der Waals surface area contributed by atoms with Gasteiger partial charge in [0.25, 0.3) is 0 Å². The highest BCUT2D eigenvalue weighted by Crippen LogP contribution is 2.36. The topological polar surface area (TPSA) is 35.2 Å². The maximum absolute atomic E-state index is 13.3. The largest absolute Gasteiger partial charge is 0.457 e. The average Bonchev–Trinajstić information content (AvgIpc) is 2.47. The number of nitrogen functional groups attached to an aromatic ring is 1. The van der Waals surface area contributed by atoms with Crippen LogP contribution in [-0.2, 0) is 0 Å². The van der Waals surface area contributed by atoms with E-state index in [2.05, 4.69) is 0 Å². The Morgan fingerprint density at radius 1 is 0.909 bits per heavy atom. The molecule has 0 heterocycles. The predicted octanol–water partition coefficient (Wildman–Crippen LogP) is 5.52. The van der Waals surface area contributed by atoms with Gasteiger partial charge in [-0.2, -0.15) is 0 Å². The predicted molar refractivity (Wildman–Crippen MR) is 87.8 cm³/mol. The quantitative estimate of drug-likeness (QED) is 0.646. The number of anilines is 1. The molecule has 0 aliphatic rings. The summed E-state index contributed by atoms with van der Waals surface area (Å²) in [5.74, 6) is 0.604. The van der Waals surface area contributed by atoms with Crippen LogP contribution in [0.2, 0.25) is 5.02 Å². The standard InChI is InChI=1S/C18H13ClFNO/c19-13-4-1-3-12(9-13)17-8-7-15(21)11-18(17)22-16-6-2-5-14(20)10-16/h1-11H,21H2. The molecule has 0 spiro atoms.